The second kappa shape index (κ2) is 4.90. The first-order valence-corrected chi connectivity index (χ1v) is 5.77. The maximum atomic E-state index is 11.8. The van der Waals surface area contributed by atoms with E-state index in [0.29, 0.717) is 0 Å². The molecule has 0 aromatic rings. The third kappa shape index (κ3) is 3.08. The maximum absolute atomic E-state index is 11.8. The van der Waals surface area contributed by atoms with Crippen molar-refractivity contribution in [2.45, 2.75) is 33.8 Å². The minimum atomic E-state index is -0.399. The largest absolute Gasteiger partial charge is 0.466 e. The van der Waals surface area contributed by atoms with Gasteiger partial charge in [-0.1, -0.05) is 19.9 Å². The molecule has 0 bridgehead atoms. The molecule has 0 aromatic heterocycles. The third-order valence-corrected chi connectivity index (χ3v) is 3.16. The number of ether oxygens (including phenoxy) is 2. The molecule has 1 fully saturated rings. The van der Waals surface area contributed by atoms with Crippen molar-refractivity contribution in [1.29, 1.82) is 0 Å². The minimum Gasteiger partial charge on any atom is -0.466 e. The molecule has 0 aliphatic heterocycles. The van der Waals surface area contributed by atoms with E-state index in [4.69, 9.17) is 4.74 Å². The molecule has 2 atom stereocenters. The highest BCUT2D eigenvalue weighted by Crippen LogP contribution is 2.59. The Morgan fingerprint density at radius 3 is 2.35 bits per heavy atom. The number of esters is 2. The average Bonchev–Trinajstić information content (AvgIpc) is 2.76. The Labute approximate surface area is 102 Å². The lowest BCUT2D eigenvalue weighted by molar-refractivity contribution is -0.150. The van der Waals surface area contributed by atoms with Gasteiger partial charge in [0.2, 0.25) is 0 Å². The van der Waals surface area contributed by atoms with Gasteiger partial charge in [0.15, 0.2) is 0 Å². The molecule has 0 amide bonds. The van der Waals surface area contributed by atoms with Crippen LogP contribution in [0.1, 0.15) is 27.7 Å². The average molecular weight is 240 g/mol. The minimum absolute atomic E-state index is 0.0489. The van der Waals surface area contributed by atoms with Crippen molar-refractivity contribution in [3.63, 3.8) is 0 Å². The van der Waals surface area contributed by atoms with Crippen molar-refractivity contribution in [2.24, 2.45) is 17.3 Å². The molecule has 0 heterocycles. The smallest absolute Gasteiger partial charge is 0.330 e. The fourth-order valence-electron chi connectivity index (χ4n) is 2.04. The van der Waals surface area contributed by atoms with E-state index >= 15 is 0 Å². The van der Waals surface area contributed by atoms with E-state index in [9.17, 15) is 9.59 Å². The number of hydrogen-bond donors (Lipinski definition) is 0. The van der Waals surface area contributed by atoms with Crippen LogP contribution in [0.5, 0.6) is 0 Å². The van der Waals surface area contributed by atoms with Gasteiger partial charge in [0.25, 0.3) is 0 Å². The second-order valence-electron chi connectivity index (χ2n) is 5.19. The summed E-state index contributed by atoms with van der Waals surface area (Å²) in [5, 5.41) is 0. The van der Waals surface area contributed by atoms with Gasteiger partial charge in [-0.25, -0.2) is 4.79 Å². The lowest BCUT2D eigenvalue weighted by Gasteiger charge is -2.08. The van der Waals surface area contributed by atoms with Crippen molar-refractivity contribution in [1.82, 2.24) is 0 Å². The Kier molecular flexibility index (Phi) is 3.96. The van der Waals surface area contributed by atoms with Crippen LogP contribution in [0.3, 0.4) is 0 Å². The van der Waals surface area contributed by atoms with Crippen LogP contribution in [0.4, 0.5) is 0 Å². The number of hydrogen-bond acceptors (Lipinski definition) is 4. The van der Waals surface area contributed by atoms with Crippen LogP contribution in [-0.2, 0) is 19.1 Å². The highest BCUT2D eigenvalue weighted by molar-refractivity contribution is 5.83. The van der Waals surface area contributed by atoms with Crippen LogP contribution < -0.4 is 0 Å². The first-order chi connectivity index (χ1) is 7.80. The summed E-state index contributed by atoms with van der Waals surface area (Å²) >= 11 is 0. The molecule has 1 aliphatic rings. The fourth-order valence-corrected chi connectivity index (χ4v) is 2.04. The summed E-state index contributed by atoms with van der Waals surface area (Å²) in [6, 6.07) is 0. The predicted octanol–water partition coefficient (Wildman–Crippen LogP) is 1.94. The predicted molar refractivity (Wildman–Crippen MR) is 63.1 cm³/mol. The standard InChI is InChI=1S/C13H20O4/c1-8(2)17-12(15)11-9(13(11,3)4)6-7-10(14)16-5/h6-9,11H,1-5H3/t9-,11-/m0/s1. The zero-order chi connectivity index (χ0) is 13.2. The van der Waals surface area contributed by atoms with E-state index in [0.717, 1.165) is 0 Å². The molecule has 96 valence electrons. The normalized spacial score (nSPS) is 26.0. The molecule has 4 heteroatoms. The summed E-state index contributed by atoms with van der Waals surface area (Å²) < 4.78 is 9.70. The molecule has 1 aliphatic carbocycles. The zero-order valence-corrected chi connectivity index (χ0v) is 11.0. The van der Waals surface area contributed by atoms with E-state index in [-0.39, 0.29) is 29.3 Å². The van der Waals surface area contributed by atoms with Crippen molar-refractivity contribution in [2.75, 3.05) is 7.11 Å². The zero-order valence-electron chi connectivity index (χ0n) is 11.0. The highest BCUT2D eigenvalue weighted by atomic mass is 16.5. The van der Waals surface area contributed by atoms with Gasteiger partial charge in [-0.3, -0.25) is 4.79 Å². The lowest BCUT2D eigenvalue weighted by Crippen LogP contribution is -2.15. The Bertz CT molecular complexity index is 341. The molecule has 0 unspecified atom stereocenters. The van der Waals surface area contributed by atoms with Gasteiger partial charge in [-0.05, 0) is 25.2 Å². The van der Waals surface area contributed by atoms with Gasteiger partial charge in [0.05, 0.1) is 19.1 Å². The quantitative estimate of drug-likeness (QED) is 0.556. The first-order valence-electron chi connectivity index (χ1n) is 5.77. The second-order valence-corrected chi connectivity index (χ2v) is 5.19. The molecule has 0 saturated heterocycles. The van der Waals surface area contributed by atoms with Crippen LogP contribution in [0.25, 0.3) is 0 Å². The van der Waals surface area contributed by atoms with Crippen molar-refractivity contribution < 1.29 is 19.1 Å². The molecular formula is C13H20O4. The number of allylic oxidation sites excluding steroid dienone is 1. The Morgan fingerprint density at radius 2 is 1.88 bits per heavy atom. The van der Waals surface area contributed by atoms with Gasteiger partial charge in [0.1, 0.15) is 0 Å². The topological polar surface area (TPSA) is 52.6 Å². The van der Waals surface area contributed by atoms with E-state index in [1.54, 1.807) is 6.08 Å². The summed E-state index contributed by atoms with van der Waals surface area (Å²) in [6.07, 6.45) is 3.00. The maximum Gasteiger partial charge on any atom is 0.330 e. The van der Waals surface area contributed by atoms with Crippen LogP contribution in [-0.4, -0.2) is 25.2 Å². The Hall–Kier alpha value is -1.32. The highest BCUT2D eigenvalue weighted by Gasteiger charge is 2.61. The van der Waals surface area contributed by atoms with Crippen molar-refractivity contribution in [3.8, 4) is 0 Å². The van der Waals surface area contributed by atoms with Crippen molar-refractivity contribution >= 4 is 11.9 Å². The van der Waals surface area contributed by atoms with Crippen LogP contribution in [0, 0.1) is 17.3 Å². The van der Waals surface area contributed by atoms with Gasteiger partial charge >= 0.3 is 11.9 Å². The molecule has 17 heavy (non-hydrogen) atoms. The van der Waals surface area contributed by atoms with Gasteiger partial charge in [0, 0.05) is 6.08 Å². The van der Waals surface area contributed by atoms with E-state index in [1.807, 2.05) is 27.7 Å². The molecule has 0 spiro atoms. The van der Waals surface area contributed by atoms with Gasteiger partial charge < -0.3 is 9.47 Å². The third-order valence-electron chi connectivity index (χ3n) is 3.16. The summed E-state index contributed by atoms with van der Waals surface area (Å²) in [6.45, 7) is 7.64. The lowest BCUT2D eigenvalue weighted by atomic mass is 10.1. The van der Waals surface area contributed by atoms with E-state index in [2.05, 4.69) is 4.74 Å². The number of methoxy groups -OCH3 is 1. The fraction of sp³-hybridized carbons (Fsp3) is 0.692. The first kappa shape index (κ1) is 13.7. The molecule has 0 radical (unpaired) electrons. The SMILES string of the molecule is COC(=O)C=C[C@H]1[C@@H](C(=O)OC(C)C)C1(C)C. The summed E-state index contributed by atoms with van der Waals surface area (Å²) in [4.78, 5) is 22.8. The monoisotopic (exact) mass is 240 g/mol. The molecular weight excluding hydrogens is 220 g/mol. The summed E-state index contributed by atoms with van der Waals surface area (Å²) in [7, 11) is 1.33. The van der Waals surface area contributed by atoms with Crippen LogP contribution in [0.2, 0.25) is 0 Å². The summed E-state index contributed by atoms with van der Waals surface area (Å²) in [5.41, 5.74) is -0.142. The van der Waals surface area contributed by atoms with Gasteiger partial charge in [-0.15, -0.1) is 0 Å². The molecule has 1 rings (SSSR count). The Morgan fingerprint density at radius 1 is 1.29 bits per heavy atom. The van der Waals surface area contributed by atoms with E-state index in [1.165, 1.54) is 13.2 Å². The molecule has 4 nitrogen and oxygen atoms in total. The van der Waals surface area contributed by atoms with Gasteiger partial charge in [-0.2, -0.15) is 0 Å². The van der Waals surface area contributed by atoms with Crippen LogP contribution >= 0.6 is 0 Å². The molecule has 0 aromatic carbocycles. The molecule has 1 saturated carbocycles. The Balaban J connectivity index is 2.62. The molecule has 0 N–H and O–H groups in total. The number of carbonyl (C=O) groups is 2. The van der Waals surface area contributed by atoms with Crippen LogP contribution in [0.15, 0.2) is 12.2 Å². The van der Waals surface area contributed by atoms with Crippen molar-refractivity contribution in [3.05, 3.63) is 12.2 Å². The number of carbonyl (C=O) groups excluding carboxylic acids is 2. The number of rotatable bonds is 4. The summed E-state index contributed by atoms with van der Waals surface area (Å²) in [5.74, 6) is -0.702. The van der Waals surface area contributed by atoms with E-state index < -0.39 is 5.97 Å².